The largest absolute Gasteiger partial charge is 0.422 e. The summed E-state index contributed by atoms with van der Waals surface area (Å²) >= 11 is 0. The zero-order valence-electron chi connectivity index (χ0n) is 16.4. The van der Waals surface area contributed by atoms with E-state index in [1.807, 2.05) is 20.8 Å². The van der Waals surface area contributed by atoms with Gasteiger partial charge in [0.1, 0.15) is 0 Å². The van der Waals surface area contributed by atoms with E-state index in [1.165, 1.54) is 12.1 Å². The molecule has 7 nitrogen and oxygen atoms in total. The van der Waals surface area contributed by atoms with Crippen LogP contribution in [0.1, 0.15) is 53.2 Å². The summed E-state index contributed by atoms with van der Waals surface area (Å²) in [4.78, 5) is 12.1. The van der Waals surface area contributed by atoms with Crippen molar-refractivity contribution in [3.05, 3.63) is 23.8 Å². The molecule has 148 valence electrons. The molecule has 1 atom stereocenters. The van der Waals surface area contributed by atoms with Gasteiger partial charge in [0.05, 0.1) is 17.8 Å². The maximum Gasteiger partial charge on any atom is 0.316 e. The van der Waals surface area contributed by atoms with Gasteiger partial charge in [-0.15, -0.1) is 0 Å². The third-order valence-electron chi connectivity index (χ3n) is 3.23. The molecule has 0 radical (unpaired) electrons. The van der Waals surface area contributed by atoms with E-state index >= 15 is 0 Å². The van der Waals surface area contributed by atoms with Gasteiger partial charge >= 0.3 is 16.1 Å². The van der Waals surface area contributed by atoms with E-state index < -0.39 is 27.6 Å². The lowest BCUT2D eigenvalue weighted by Gasteiger charge is -2.23. The molecule has 0 aromatic heterocycles. The van der Waals surface area contributed by atoms with Gasteiger partial charge in [-0.3, -0.25) is 4.79 Å². The molecule has 0 saturated heterocycles. The van der Waals surface area contributed by atoms with E-state index in [0.29, 0.717) is 5.56 Å². The Labute approximate surface area is 155 Å². The number of ether oxygens (including phenoxy) is 1. The van der Waals surface area contributed by atoms with Gasteiger partial charge in [-0.25, -0.2) is 0 Å². The Bertz CT molecular complexity index is 744. The third-order valence-corrected chi connectivity index (χ3v) is 3.72. The van der Waals surface area contributed by atoms with Crippen LogP contribution in [-0.2, 0) is 14.9 Å². The number of benzene rings is 1. The maximum absolute atomic E-state index is 12.1. The number of hydrogen-bond donors (Lipinski definition) is 2. The van der Waals surface area contributed by atoms with Crippen molar-refractivity contribution in [2.75, 3.05) is 12.8 Å². The number of aliphatic hydroxyl groups excluding tert-OH is 1. The van der Waals surface area contributed by atoms with Crippen LogP contribution in [0.15, 0.2) is 18.2 Å². The summed E-state index contributed by atoms with van der Waals surface area (Å²) in [6, 6.07) is 4.34. The highest BCUT2D eigenvalue weighted by atomic mass is 32.2. The van der Waals surface area contributed by atoms with Crippen LogP contribution in [0.25, 0.3) is 0 Å². The zero-order valence-corrected chi connectivity index (χ0v) is 17.2. The summed E-state index contributed by atoms with van der Waals surface area (Å²) in [6.45, 7) is 11.2. The van der Waals surface area contributed by atoms with Crippen LogP contribution < -0.4 is 14.2 Å². The molecule has 8 heteroatoms. The van der Waals surface area contributed by atoms with Gasteiger partial charge in [-0.05, 0) is 59.2 Å². The average Bonchev–Trinajstić information content (AvgIpc) is 2.43. The quantitative estimate of drug-likeness (QED) is 0.439. The van der Waals surface area contributed by atoms with Crippen LogP contribution in [0.5, 0.6) is 11.5 Å². The fourth-order valence-electron chi connectivity index (χ4n) is 1.82. The second kappa shape index (κ2) is 7.94. The molecule has 1 unspecified atom stereocenters. The molecule has 2 N–H and O–H groups in total. The molecule has 0 aliphatic rings. The first kappa shape index (κ1) is 22.4. The van der Waals surface area contributed by atoms with E-state index in [9.17, 15) is 18.3 Å². The zero-order chi connectivity index (χ0) is 20.3. The van der Waals surface area contributed by atoms with E-state index in [4.69, 9.17) is 8.92 Å². The Morgan fingerprint density at radius 1 is 1.15 bits per heavy atom. The Balaban J connectivity index is 3.15. The first-order chi connectivity index (χ1) is 11.6. The Morgan fingerprint density at radius 3 is 2.19 bits per heavy atom. The van der Waals surface area contributed by atoms with Gasteiger partial charge in [0.2, 0.25) is 0 Å². The number of β-amino-alcohol motifs (C(OH)–C–C–N with tert-alkyl or cyclic N) is 1. The molecular formula is C18H29NO6S. The highest BCUT2D eigenvalue weighted by Crippen LogP contribution is 2.33. The summed E-state index contributed by atoms with van der Waals surface area (Å²) in [5.41, 5.74) is -0.511. The molecule has 0 saturated carbocycles. The molecule has 0 bridgehead atoms. The topological polar surface area (TPSA) is 102 Å². The van der Waals surface area contributed by atoms with Crippen LogP contribution in [0.3, 0.4) is 0 Å². The molecule has 0 heterocycles. The Hall–Kier alpha value is -1.64. The monoisotopic (exact) mass is 387 g/mol. The number of carbonyl (C=O) groups is 1. The summed E-state index contributed by atoms with van der Waals surface area (Å²) in [5, 5.41) is 13.5. The van der Waals surface area contributed by atoms with Gasteiger partial charge < -0.3 is 19.3 Å². The standard InChI is InChI=1S/C18H29NO6S/c1-17(2,3)16(21)24-14-9-8-12(10-15(14)25-26(7,22)23)13(20)11-19-18(4,5)6/h8-10,13,19-20H,11H2,1-7H3. The summed E-state index contributed by atoms with van der Waals surface area (Å²) in [6.07, 6.45) is 0.00981. The first-order valence-corrected chi connectivity index (χ1v) is 10.1. The molecule has 0 amide bonds. The Morgan fingerprint density at radius 2 is 1.73 bits per heavy atom. The van der Waals surface area contributed by atoms with Gasteiger partial charge in [0.25, 0.3) is 0 Å². The highest BCUT2D eigenvalue weighted by molar-refractivity contribution is 7.86. The summed E-state index contributed by atoms with van der Waals surface area (Å²) in [7, 11) is -3.84. The highest BCUT2D eigenvalue weighted by Gasteiger charge is 2.26. The van der Waals surface area contributed by atoms with E-state index in [0.717, 1.165) is 6.26 Å². The lowest BCUT2D eigenvalue weighted by Crippen LogP contribution is -2.38. The van der Waals surface area contributed by atoms with E-state index in [2.05, 4.69) is 5.32 Å². The minimum absolute atomic E-state index is 0.0184. The normalized spacial score (nSPS) is 14.0. The van der Waals surface area contributed by atoms with Gasteiger partial charge in [-0.1, -0.05) is 6.07 Å². The lowest BCUT2D eigenvalue weighted by molar-refractivity contribution is -0.143. The number of aliphatic hydroxyl groups is 1. The SMILES string of the molecule is CC(C)(C)NCC(O)c1ccc(OC(=O)C(C)(C)C)c(OS(C)(=O)=O)c1. The molecule has 26 heavy (non-hydrogen) atoms. The fourth-order valence-corrected chi connectivity index (χ4v) is 2.27. The summed E-state index contributed by atoms with van der Waals surface area (Å²) < 4.78 is 33.3. The number of esters is 1. The second-order valence-corrected chi connectivity index (χ2v) is 9.85. The van der Waals surface area contributed by atoms with Crippen molar-refractivity contribution in [2.24, 2.45) is 5.41 Å². The maximum atomic E-state index is 12.1. The molecule has 0 aliphatic carbocycles. The van der Waals surface area contributed by atoms with Crippen LogP contribution in [0.4, 0.5) is 0 Å². The minimum Gasteiger partial charge on any atom is -0.422 e. The lowest BCUT2D eigenvalue weighted by atomic mass is 9.97. The molecule has 1 rings (SSSR count). The molecular weight excluding hydrogens is 358 g/mol. The fraction of sp³-hybridized carbons (Fsp3) is 0.611. The smallest absolute Gasteiger partial charge is 0.316 e. The number of carbonyl (C=O) groups excluding carboxylic acids is 1. The minimum atomic E-state index is -3.84. The van der Waals surface area contributed by atoms with Gasteiger partial charge in [-0.2, -0.15) is 8.42 Å². The predicted molar refractivity (Wildman–Crippen MR) is 99.7 cm³/mol. The van der Waals surface area contributed by atoms with Crippen molar-refractivity contribution in [3.63, 3.8) is 0 Å². The van der Waals surface area contributed by atoms with Crippen LogP contribution in [0.2, 0.25) is 0 Å². The molecule has 0 aliphatic heterocycles. The molecule has 0 spiro atoms. The van der Waals surface area contributed by atoms with Crippen molar-refractivity contribution in [3.8, 4) is 11.5 Å². The van der Waals surface area contributed by atoms with Crippen molar-refractivity contribution in [2.45, 2.75) is 53.2 Å². The van der Waals surface area contributed by atoms with Crippen LogP contribution in [-0.4, -0.2) is 37.8 Å². The number of rotatable bonds is 6. The molecule has 1 aromatic rings. The molecule has 1 aromatic carbocycles. The number of nitrogens with one attached hydrogen (secondary N) is 1. The van der Waals surface area contributed by atoms with Gasteiger partial charge in [0, 0.05) is 12.1 Å². The predicted octanol–water partition coefficient (Wildman–Crippen LogP) is 2.40. The van der Waals surface area contributed by atoms with Crippen LogP contribution >= 0.6 is 0 Å². The number of hydrogen-bond acceptors (Lipinski definition) is 7. The average molecular weight is 387 g/mol. The third kappa shape index (κ3) is 7.72. The van der Waals surface area contributed by atoms with Crippen molar-refractivity contribution in [1.82, 2.24) is 5.32 Å². The van der Waals surface area contributed by atoms with Crippen molar-refractivity contribution < 1.29 is 27.2 Å². The first-order valence-electron chi connectivity index (χ1n) is 8.27. The second-order valence-electron chi connectivity index (χ2n) is 8.28. The Kier molecular flexibility index (Phi) is 6.84. The summed E-state index contributed by atoms with van der Waals surface area (Å²) in [5.74, 6) is -0.689. The van der Waals surface area contributed by atoms with E-state index in [1.54, 1.807) is 26.8 Å². The molecule has 0 fully saturated rings. The van der Waals surface area contributed by atoms with Crippen molar-refractivity contribution >= 4 is 16.1 Å². The van der Waals surface area contributed by atoms with E-state index in [-0.39, 0.29) is 23.6 Å². The van der Waals surface area contributed by atoms with Crippen molar-refractivity contribution in [1.29, 1.82) is 0 Å². The van der Waals surface area contributed by atoms with Gasteiger partial charge in [0.15, 0.2) is 11.5 Å². The van der Waals surface area contributed by atoms with Crippen LogP contribution in [0, 0.1) is 5.41 Å².